The van der Waals surface area contributed by atoms with E-state index in [0.717, 1.165) is 23.5 Å². The molecule has 2 saturated carbocycles. The van der Waals surface area contributed by atoms with Gasteiger partial charge in [-0.15, -0.1) is 10.2 Å². The largest absolute Gasteiger partial charge is 0.388 e. The lowest BCUT2D eigenvalue weighted by molar-refractivity contribution is 0.261. The fourth-order valence-electron chi connectivity index (χ4n) is 3.61. The van der Waals surface area contributed by atoms with Gasteiger partial charge in [0.1, 0.15) is 12.4 Å². The molecule has 94 valence electrons. The van der Waals surface area contributed by atoms with Crippen molar-refractivity contribution < 1.29 is 5.11 Å². The maximum Gasteiger partial charge on any atom is 0.159 e. The van der Waals surface area contributed by atoms with Crippen LogP contribution in [0.4, 0.5) is 0 Å². The van der Waals surface area contributed by atoms with Gasteiger partial charge in [-0.25, -0.2) is 0 Å². The molecule has 1 heterocycles. The Balaban J connectivity index is 1.91. The molecule has 0 spiro atoms. The number of nitrogens with zero attached hydrogens (tertiary/aromatic N) is 3. The summed E-state index contributed by atoms with van der Waals surface area (Å²) in [5.74, 6) is 4.15. The average Bonchev–Trinajstić information content (AvgIpc) is 2.89. The van der Waals surface area contributed by atoms with Gasteiger partial charge < -0.3 is 9.67 Å². The summed E-state index contributed by atoms with van der Waals surface area (Å²) in [5.41, 5.74) is 0. The Kier molecular flexibility index (Phi) is 2.69. The van der Waals surface area contributed by atoms with Crippen LogP contribution < -0.4 is 0 Å². The summed E-state index contributed by atoms with van der Waals surface area (Å²) < 4.78 is 2.14. The third-order valence-corrected chi connectivity index (χ3v) is 4.41. The maximum absolute atomic E-state index is 9.32. The first-order valence-electron chi connectivity index (χ1n) is 6.78. The van der Waals surface area contributed by atoms with Crippen molar-refractivity contribution in [1.29, 1.82) is 0 Å². The van der Waals surface area contributed by atoms with Gasteiger partial charge in [-0.05, 0) is 38.5 Å². The predicted molar refractivity (Wildman–Crippen MR) is 64.5 cm³/mol. The lowest BCUT2D eigenvalue weighted by atomic mass is 10.0. The first kappa shape index (κ1) is 11.2. The Labute approximate surface area is 102 Å². The highest BCUT2D eigenvalue weighted by atomic mass is 16.3. The third-order valence-electron chi connectivity index (χ3n) is 4.41. The Morgan fingerprint density at radius 3 is 2.41 bits per heavy atom. The minimum atomic E-state index is -0.00671. The van der Waals surface area contributed by atoms with Gasteiger partial charge in [0.25, 0.3) is 0 Å². The van der Waals surface area contributed by atoms with Gasteiger partial charge in [-0.1, -0.05) is 12.8 Å². The van der Waals surface area contributed by atoms with Gasteiger partial charge in [0.15, 0.2) is 5.82 Å². The molecule has 0 aromatic carbocycles. The molecule has 0 bridgehead atoms. The molecule has 2 aliphatic rings. The fraction of sp³-hybridized carbons (Fsp3) is 0.846. The predicted octanol–water partition coefficient (Wildman–Crippen LogP) is 2.25. The van der Waals surface area contributed by atoms with Crippen molar-refractivity contribution in [2.75, 3.05) is 0 Å². The van der Waals surface area contributed by atoms with Crippen LogP contribution in [0, 0.1) is 11.8 Å². The van der Waals surface area contributed by atoms with E-state index in [2.05, 4.69) is 28.6 Å². The van der Waals surface area contributed by atoms with Crippen LogP contribution in [0.3, 0.4) is 0 Å². The molecule has 2 unspecified atom stereocenters. The van der Waals surface area contributed by atoms with Crippen molar-refractivity contribution in [2.24, 2.45) is 11.8 Å². The number of aliphatic hydroxyl groups excluding tert-OH is 1. The molecular formula is C13H21N3O. The molecule has 2 aliphatic carbocycles. The summed E-state index contributed by atoms with van der Waals surface area (Å²) in [6.07, 6.45) is 5.46. The summed E-state index contributed by atoms with van der Waals surface area (Å²) in [5, 5.41) is 17.8. The summed E-state index contributed by atoms with van der Waals surface area (Å²) in [4.78, 5) is 0. The Morgan fingerprint density at radius 2 is 1.88 bits per heavy atom. The number of rotatable bonds is 3. The fourth-order valence-corrected chi connectivity index (χ4v) is 3.61. The van der Waals surface area contributed by atoms with Crippen LogP contribution in [-0.2, 0) is 6.61 Å². The molecule has 4 heteroatoms. The number of aromatic nitrogens is 3. The smallest absolute Gasteiger partial charge is 0.159 e. The molecule has 1 aromatic heterocycles. The Bertz CT molecular complexity index is 401. The van der Waals surface area contributed by atoms with Crippen LogP contribution in [0.2, 0.25) is 0 Å². The number of aliphatic hydroxyl groups is 1. The second-order valence-corrected chi connectivity index (χ2v) is 5.73. The maximum atomic E-state index is 9.32. The SMILES string of the molecule is CC(C)n1c(CO)nnc1C1C2CCCCC21. The van der Waals surface area contributed by atoms with Crippen LogP contribution in [0.1, 0.15) is 63.1 Å². The van der Waals surface area contributed by atoms with Crippen molar-refractivity contribution in [3.63, 3.8) is 0 Å². The zero-order valence-electron chi connectivity index (χ0n) is 10.6. The lowest BCUT2D eigenvalue weighted by Gasteiger charge is -2.12. The van der Waals surface area contributed by atoms with Gasteiger partial charge in [-0.2, -0.15) is 0 Å². The van der Waals surface area contributed by atoms with E-state index in [4.69, 9.17) is 0 Å². The molecular weight excluding hydrogens is 214 g/mol. The van der Waals surface area contributed by atoms with Crippen LogP contribution in [0.5, 0.6) is 0 Å². The molecule has 17 heavy (non-hydrogen) atoms. The quantitative estimate of drug-likeness (QED) is 0.874. The lowest BCUT2D eigenvalue weighted by Crippen LogP contribution is -2.10. The Hall–Kier alpha value is -0.900. The molecule has 0 aliphatic heterocycles. The zero-order valence-corrected chi connectivity index (χ0v) is 10.6. The van der Waals surface area contributed by atoms with Crippen molar-refractivity contribution >= 4 is 0 Å². The Morgan fingerprint density at radius 1 is 1.24 bits per heavy atom. The van der Waals surface area contributed by atoms with Gasteiger partial charge in [0, 0.05) is 12.0 Å². The highest BCUT2D eigenvalue weighted by Gasteiger charge is 2.53. The van der Waals surface area contributed by atoms with E-state index in [1.165, 1.54) is 25.7 Å². The first-order chi connectivity index (χ1) is 8.24. The molecule has 2 atom stereocenters. The second kappa shape index (κ2) is 4.09. The van der Waals surface area contributed by atoms with Crippen molar-refractivity contribution in [2.45, 2.75) is 58.1 Å². The van der Waals surface area contributed by atoms with Crippen molar-refractivity contribution in [3.8, 4) is 0 Å². The number of fused-ring (bicyclic) bond motifs is 1. The minimum Gasteiger partial charge on any atom is -0.388 e. The molecule has 0 saturated heterocycles. The monoisotopic (exact) mass is 235 g/mol. The van der Waals surface area contributed by atoms with Crippen LogP contribution in [-0.4, -0.2) is 19.9 Å². The molecule has 0 amide bonds. The van der Waals surface area contributed by atoms with E-state index >= 15 is 0 Å². The molecule has 3 rings (SSSR count). The standard InChI is InChI=1S/C13H21N3O/c1-8(2)16-11(7-17)14-15-13(16)12-9-5-3-4-6-10(9)12/h8-10,12,17H,3-7H2,1-2H3. The molecule has 1 aromatic rings. The molecule has 0 radical (unpaired) electrons. The summed E-state index contributed by atoms with van der Waals surface area (Å²) in [6.45, 7) is 4.27. The van der Waals surface area contributed by atoms with Crippen LogP contribution in [0.25, 0.3) is 0 Å². The van der Waals surface area contributed by atoms with E-state index < -0.39 is 0 Å². The van der Waals surface area contributed by atoms with E-state index in [1.54, 1.807) is 0 Å². The van der Waals surface area contributed by atoms with Gasteiger partial charge in [-0.3, -0.25) is 0 Å². The first-order valence-corrected chi connectivity index (χ1v) is 6.78. The number of hydrogen-bond acceptors (Lipinski definition) is 3. The van der Waals surface area contributed by atoms with Crippen LogP contribution in [0.15, 0.2) is 0 Å². The summed E-state index contributed by atoms with van der Waals surface area (Å²) in [7, 11) is 0. The van der Waals surface area contributed by atoms with E-state index in [9.17, 15) is 5.11 Å². The topological polar surface area (TPSA) is 50.9 Å². The third kappa shape index (κ3) is 1.69. The highest BCUT2D eigenvalue weighted by Crippen LogP contribution is 2.60. The van der Waals surface area contributed by atoms with Crippen LogP contribution >= 0.6 is 0 Å². The zero-order chi connectivity index (χ0) is 12.0. The molecule has 1 N–H and O–H groups in total. The highest BCUT2D eigenvalue weighted by molar-refractivity contribution is 5.18. The van der Waals surface area contributed by atoms with Gasteiger partial charge in [0.05, 0.1) is 0 Å². The van der Waals surface area contributed by atoms with Gasteiger partial charge in [0.2, 0.25) is 0 Å². The molecule has 4 nitrogen and oxygen atoms in total. The second-order valence-electron chi connectivity index (χ2n) is 5.73. The summed E-state index contributed by atoms with van der Waals surface area (Å²) >= 11 is 0. The van der Waals surface area contributed by atoms with E-state index in [0.29, 0.717) is 12.0 Å². The minimum absolute atomic E-state index is 0.00671. The van der Waals surface area contributed by atoms with E-state index in [1.807, 2.05) is 0 Å². The molecule has 2 fully saturated rings. The van der Waals surface area contributed by atoms with Crippen molar-refractivity contribution in [3.05, 3.63) is 11.6 Å². The van der Waals surface area contributed by atoms with E-state index in [-0.39, 0.29) is 6.61 Å². The van der Waals surface area contributed by atoms with Crippen molar-refractivity contribution in [1.82, 2.24) is 14.8 Å². The van der Waals surface area contributed by atoms with Gasteiger partial charge >= 0.3 is 0 Å². The summed E-state index contributed by atoms with van der Waals surface area (Å²) in [6, 6.07) is 0.338. The normalized spacial score (nSPS) is 31.6. The number of hydrogen-bond donors (Lipinski definition) is 1. The average molecular weight is 235 g/mol.